The molecule has 0 N–H and O–H groups in total. The minimum Gasteiger partial charge on any atom is -0.460 e. The maximum Gasteiger partial charge on any atom is 0.310 e. The molecule has 0 bridgehead atoms. The molecule has 1 rings (SSSR count). The Morgan fingerprint density at radius 1 is 1.50 bits per heavy atom. The van der Waals surface area contributed by atoms with Crippen LogP contribution in [0.25, 0.3) is 0 Å². The van der Waals surface area contributed by atoms with Crippen molar-refractivity contribution in [3.05, 3.63) is 23.0 Å². The zero-order chi connectivity index (χ0) is 13.8. The molecule has 1 aromatic heterocycles. The van der Waals surface area contributed by atoms with Gasteiger partial charge < -0.3 is 9.47 Å². The van der Waals surface area contributed by atoms with E-state index in [1.807, 2.05) is 0 Å². The maximum absolute atomic E-state index is 11.6. The summed E-state index contributed by atoms with van der Waals surface area (Å²) in [6, 6.07) is 1.37. The van der Waals surface area contributed by atoms with Gasteiger partial charge in [-0.1, -0.05) is 11.6 Å². The molecule has 0 radical (unpaired) electrons. The van der Waals surface area contributed by atoms with Crippen molar-refractivity contribution in [2.75, 3.05) is 0 Å². The number of halogens is 1. The third-order valence-electron chi connectivity index (χ3n) is 1.84. The smallest absolute Gasteiger partial charge is 0.310 e. The molecule has 0 saturated carbocycles. The van der Waals surface area contributed by atoms with Gasteiger partial charge in [0.1, 0.15) is 16.5 Å². The zero-order valence-corrected chi connectivity index (χ0v) is 11.2. The zero-order valence-electron chi connectivity index (χ0n) is 10.4. The highest BCUT2D eigenvalue weighted by molar-refractivity contribution is 6.29. The van der Waals surface area contributed by atoms with Gasteiger partial charge in [-0.25, -0.2) is 4.98 Å². The molecule has 18 heavy (non-hydrogen) atoms. The Morgan fingerprint density at radius 2 is 2.17 bits per heavy atom. The molecule has 0 unspecified atom stereocenters. The molecule has 0 aliphatic rings. The summed E-state index contributed by atoms with van der Waals surface area (Å²) in [5.41, 5.74) is -0.122. The second-order valence-electron chi connectivity index (χ2n) is 4.59. The highest BCUT2D eigenvalue weighted by Gasteiger charge is 2.18. The monoisotopic (exact) mass is 271 g/mol. The third-order valence-corrected chi connectivity index (χ3v) is 2.05. The van der Waals surface area contributed by atoms with E-state index >= 15 is 0 Å². The lowest BCUT2D eigenvalue weighted by molar-refractivity contribution is -0.154. The summed E-state index contributed by atoms with van der Waals surface area (Å²) >= 11 is 5.67. The molecule has 0 aliphatic carbocycles. The molecule has 5 nitrogen and oxygen atoms in total. The van der Waals surface area contributed by atoms with E-state index in [4.69, 9.17) is 21.1 Å². The third kappa shape index (κ3) is 4.71. The summed E-state index contributed by atoms with van der Waals surface area (Å²) < 4.78 is 9.90. The van der Waals surface area contributed by atoms with Crippen molar-refractivity contribution in [3.8, 4) is 5.75 Å². The SMILES string of the molecule is CC(C)(C)OC(=O)Cc1cnc(Cl)cc1OC=O. The van der Waals surface area contributed by atoms with E-state index in [2.05, 4.69) is 4.98 Å². The molecular weight excluding hydrogens is 258 g/mol. The van der Waals surface area contributed by atoms with Crippen molar-refractivity contribution in [1.29, 1.82) is 0 Å². The molecule has 1 heterocycles. The van der Waals surface area contributed by atoms with Crippen LogP contribution >= 0.6 is 11.6 Å². The van der Waals surface area contributed by atoms with Crippen LogP contribution in [-0.4, -0.2) is 23.0 Å². The highest BCUT2D eigenvalue weighted by Crippen LogP contribution is 2.22. The first-order valence-corrected chi connectivity index (χ1v) is 5.66. The number of hydrogen-bond donors (Lipinski definition) is 0. The Hall–Kier alpha value is -1.62. The minimum atomic E-state index is -0.567. The number of nitrogens with zero attached hydrogens (tertiary/aromatic N) is 1. The van der Waals surface area contributed by atoms with Gasteiger partial charge in [-0.3, -0.25) is 9.59 Å². The van der Waals surface area contributed by atoms with Crippen molar-refractivity contribution in [2.45, 2.75) is 32.8 Å². The average Bonchev–Trinajstić information content (AvgIpc) is 2.20. The molecule has 0 spiro atoms. The van der Waals surface area contributed by atoms with Gasteiger partial charge in [0.2, 0.25) is 0 Å². The summed E-state index contributed by atoms with van der Waals surface area (Å²) in [4.78, 5) is 25.8. The second kappa shape index (κ2) is 5.82. The first-order chi connectivity index (χ1) is 8.31. The van der Waals surface area contributed by atoms with E-state index in [0.29, 0.717) is 5.56 Å². The lowest BCUT2D eigenvalue weighted by atomic mass is 10.1. The lowest BCUT2D eigenvalue weighted by Gasteiger charge is -2.19. The maximum atomic E-state index is 11.6. The van der Waals surface area contributed by atoms with E-state index < -0.39 is 11.6 Å². The van der Waals surface area contributed by atoms with Gasteiger partial charge in [-0.05, 0) is 20.8 Å². The number of carbonyl (C=O) groups is 2. The summed E-state index contributed by atoms with van der Waals surface area (Å²) in [6.07, 6.45) is 1.34. The molecule has 0 saturated heterocycles. The van der Waals surface area contributed by atoms with Crippen molar-refractivity contribution >= 4 is 24.0 Å². The van der Waals surface area contributed by atoms with Gasteiger partial charge in [-0.15, -0.1) is 0 Å². The Labute approximate surface area is 110 Å². The van der Waals surface area contributed by atoms with Crippen LogP contribution in [-0.2, 0) is 20.7 Å². The normalized spacial score (nSPS) is 10.9. The largest absolute Gasteiger partial charge is 0.460 e. The molecule has 1 aromatic rings. The average molecular weight is 272 g/mol. The lowest BCUT2D eigenvalue weighted by Crippen LogP contribution is -2.25. The van der Waals surface area contributed by atoms with Crippen LogP contribution in [0.15, 0.2) is 12.3 Å². The van der Waals surface area contributed by atoms with Crippen LogP contribution < -0.4 is 4.74 Å². The van der Waals surface area contributed by atoms with Crippen LogP contribution in [0.4, 0.5) is 0 Å². The molecule has 0 aromatic carbocycles. The number of ether oxygens (including phenoxy) is 2. The van der Waals surface area contributed by atoms with Crippen LogP contribution in [0.5, 0.6) is 5.75 Å². The van der Waals surface area contributed by atoms with E-state index in [1.54, 1.807) is 20.8 Å². The van der Waals surface area contributed by atoms with Crippen molar-refractivity contribution in [2.24, 2.45) is 0 Å². The molecule has 0 atom stereocenters. The fourth-order valence-corrected chi connectivity index (χ4v) is 1.42. The Morgan fingerprint density at radius 3 is 2.72 bits per heavy atom. The fraction of sp³-hybridized carbons (Fsp3) is 0.417. The number of pyridine rings is 1. The predicted octanol–water partition coefficient (Wildman–Crippen LogP) is 2.15. The Bertz CT molecular complexity index is 454. The topological polar surface area (TPSA) is 65.5 Å². The number of hydrogen-bond acceptors (Lipinski definition) is 5. The van der Waals surface area contributed by atoms with Crippen molar-refractivity contribution in [3.63, 3.8) is 0 Å². The van der Waals surface area contributed by atoms with E-state index in [1.165, 1.54) is 12.3 Å². The molecule has 0 amide bonds. The summed E-state index contributed by atoms with van der Waals surface area (Å²) in [7, 11) is 0. The van der Waals surface area contributed by atoms with Gasteiger partial charge >= 0.3 is 5.97 Å². The van der Waals surface area contributed by atoms with Crippen molar-refractivity contribution < 1.29 is 19.1 Å². The predicted molar refractivity (Wildman–Crippen MR) is 65.5 cm³/mol. The van der Waals surface area contributed by atoms with Gasteiger partial charge in [-0.2, -0.15) is 0 Å². The van der Waals surface area contributed by atoms with Gasteiger partial charge in [0.15, 0.2) is 0 Å². The van der Waals surface area contributed by atoms with Gasteiger partial charge in [0, 0.05) is 17.8 Å². The number of aromatic nitrogens is 1. The standard InChI is InChI=1S/C12H14ClNO4/c1-12(2,3)18-11(16)4-8-6-14-10(13)5-9(8)17-7-15/h5-7H,4H2,1-3H3. The quantitative estimate of drug-likeness (QED) is 0.477. The summed E-state index contributed by atoms with van der Waals surface area (Å²) in [5.74, 6) is -0.224. The molecular formula is C12H14ClNO4. The van der Waals surface area contributed by atoms with Crippen LogP contribution in [0, 0.1) is 0 Å². The summed E-state index contributed by atoms with van der Waals surface area (Å²) in [5, 5.41) is 0.180. The molecule has 6 heteroatoms. The Kier molecular flexibility index (Phi) is 4.67. The molecule has 0 aliphatic heterocycles. The number of esters is 1. The van der Waals surface area contributed by atoms with E-state index in [9.17, 15) is 9.59 Å². The van der Waals surface area contributed by atoms with E-state index in [-0.39, 0.29) is 23.8 Å². The second-order valence-corrected chi connectivity index (χ2v) is 4.98. The van der Waals surface area contributed by atoms with E-state index in [0.717, 1.165) is 0 Å². The first-order valence-electron chi connectivity index (χ1n) is 5.28. The number of carbonyl (C=O) groups excluding carboxylic acids is 2. The van der Waals surface area contributed by atoms with Gasteiger partial charge in [0.25, 0.3) is 6.47 Å². The first kappa shape index (κ1) is 14.4. The fourth-order valence-electron chi connectivity index (χ4n) is 1.27. The minimum absolute atomic E-state index is 0.0371. The Balaban J connectivity index is 2.83. The van der Waals surface area contributed by atoms with Crippen LogP contribution in [0.2, 0.25) is 5.15 Å². The summed E-state index contributed by atoms with van der Waals surface area (Å²) in [6.45, 7) is 5.58. The molecule has 98 valence electrons. The van der Waals surface area contributed by atoms with Crippen molar-refractivity contribution in [1.82, 2.24) is 4.98 Å². The van der Waals surface area contributed by atoms with Crippen LogP contribution in [0.3, 0.4) is 0 Å². The molecule has 0 fully saturated rings. The highest BCUT2D eigenvalue weighted by atomic mass is 35.5. The number of rotatable bonds is 4. The van der Waals surface area contributed by atoms with Crippen LogP contribution in [0.1, 0.15) is 26.3 Å². The van der Waals surface area contributed by atoms with Gasteiger partial charge in [0.05, 0.1) is 6.42 Å².